The van der Waals surface area contributed by atoms with Crippen LogP contribution in [0.1, 0.15) is 17.3 Å². The van der Waals surface area contributed by atoms with Crippen LogP contribution in [-0.2, 0) is 4.74 Å². The van der Waals surface area contributed by atoms with Gasteiger partial charge in [-0.3, -0.25) is 0 Å². The summed E-state index contributed by atoms with van der Waals surface area (Å²) in [4.78, 5) is 17.0. The number of esters is 1. The van der Waals surface area contributed by atoms with Crippen molar-refractivity contribution in [2.24, 2.45) is 0 Å². The van der Waals surface area contributed by atoms with Gasteiger partial charge in [-0.2, -0.15) is 0 Å². The molecule has 7 heteroatoms. The zero-order valence-corrected chi connectivity index (χ0v) is 16.7. The van der Waals surface area contributed by atoms with Gasteiger partial charge in [0.15, 0.2) is 11.5 Å². The monoisotopic (exact) mass is 440 g/mol. The number of nitrogen functional groups attached to an aromatic ring is 1. The lowest BCUT2D eigenvalue weighted by Gasteiger charge is -2.14. The Bertz CT molecular complexity index is 1050. The van der Waals surface area contributed by atoms with E-state index in [1.807, 2.05) is 48.5 Å². The lowest BCUT2D eigenvalue weighted by molar-refractivity contribution is 0.0528. The number of nitrogens with zero attached hydrogens (tertiary/aromatic N) is 1. The highest BCUT2D eigenvalue weighted by Crippen LogP contribution is 2.39. The Labute approximate surface area is 170 Å². The first-order chi connectivity index (χ1) is 13.6. The number of rotatable bonds is 4. The van der Waals surface area contributed by atoms with E-state index in [0.29, 0.717) is 22.8 Å². The highest BCUT2D eigenvalue weighted by atomic mass is 79.9. The minimum Gasteiger partial charge on any atom is -0.462 e. The van der Waals surface area contributed by atoms with Crippen molar-refractivity contribution >= 4 is 27.7 Å². The molecule has 28 heavy (non-hydrogen) atoms. The minimum atomic E-state index is -0.512. The molecule has 2 heterocycles. The summed E-state index contributed by atoms with van der Waals surface area (Å²) in [5.41, 5.74) is 9.36. The second-order valence-electron chi connectivity index (χ2n) is 6.11. The van der Waals surface area contributed by atoms with Crippen molar-refractivity contribution in [3.8, 4) is 33.9 Å². The van der Waals surface area contributed by atoms with Gasteiger partial charge in [0.05, 0.1) is 12.3 Å². The molecule has 4 rings (SSSR count). The molecule has 2 N–H and O–H groups in total. The number of anilines is 1. The largest absolute Gasteiger partial charge is 0.462 e. The fourth-order valence-corrected chi connectivity index (χ4v) is 3.31. The third-order valence-electron chi connectivity index (χ3n) is 4.35. The standard InChI is InChI=1S/C21H17BrN2O4/c1-2-26-21(25)19-15(13-5-8-17-18(9-13)28-11-27-17)10-16(24-20(19)23)12-3-6-14(22)7-4-12/h3-10H,2,11H2,1H3,(H2,23,24). The van der Waals surface area contributed by atoms with Crippen LogP contribution in [0.25, 0.3) is 22.4 Å². The van der Waals surface area contributed by atoms with Gasteiger partial charge >= 0.3 is 5.97 Å². The summed E-state index contributed by atoms with van der Waals surface area (Å²) in [5, 5.41) is 0. The number of ether oxygens (including phenoxy) is 3. The van der Waals surface area contributed by atoms with Gasteiger partial charge in [0.1, 0.15) is 11.4 Å². The van der Waals surface area contributed by atoms with Gasteiger partial charge in [-0.25, -0.2) is 9.78 Å². The van der Waals surface area contributed by atoms with Gasteiger partial charge in [-0.15, -0.1) is 0 Å². The maximum absolute atomic E-state index is 12.6. The molecule has 142 valence electrons. The quantitative estimate of drug-likeness (QED) is 0.593. The van der Waals surface area contributed by atoms with E-state index in [1.54, 1.807) is 6.92 Å². The van der Waals surface area contributed by atoms with Crippen LogP contribution in [0, 0.1) is 0 Å². The number of nitrogens with two attached hydrogens (primary N) is 1. The predicted molar refractivity (Wildman–Crippen MR) is 109 cm³/mol. The van der Waals surface area contributed by atoms with E-state index in [9.17, 15) is 4.79 Å². The van der Waals surface area contributed by atoms with Crippen LogP contribution in [0.4, 0.5) is 5.82 Å². The zero-order chi connectivity index (χ0) is 19.7. The van der Waals surface area contributed by atoms with Gasteiger partial charge in [0, 0.05) is 15.6 Å². The Morgan fingerprint density at radius 1 is 1.11 bits per heavy atom. The summed E-state index contributed by atoms with van der Waals surface area (Å²) >= 11 is 3.43. The normalized spacial score (nSPS) is 12.1. The number of benzene rings is 2. The summed E-state index contributed by atoms with van der Waals surface area (Å²) in [5.74, 6) is 0.888. The summed E-state index contributed by atoms with van der Waals surface area (Å²) in [6, 6.07) is 15.0. The molecular formula is C21H17BrN2O4. The fourth-order valence-electron chi connectivity index (χ4n) is 3.04. The van der Waals surface area contributed by atoms with Crippen molar-refractivity contribution in [2.45, 2.75) is 6.92 Å². The molecule has 0 saturated heterocycles. The van der Waals surface area contributed by atoms with Crippen molar-refractivity contribution in [3.63, 3.8) is 0 Å². The second-order valence-corrected chi connectivity index (χ2v) is 7.03. The molecule has 3 aromatic rings. The highest BCUT2D eigenvalue weighted by molar-refractivity contribution is 9.10. The van der Waals surface area contributed by atoms with Crippen molar-refractivity contribution in [2.75, 3.05) is 19.1 Å². The molecule has 2 aromatic carbocycles. The molecule has 0 spiro atoms. The van der Waals surface area contributed by atoms with E-state index < -0.39 is 5.97 Å². The molecule has 0 amide bonds. The number of aromatic nitrogens is 1. The average molecular weight is 441 g/mol. The van der Waals surface area contributed by atoms with E-state index >= 15 is 0 Å². The molecule has 6 nitrogen and oxygen atoms in total. The van der Waals surface area contributed by atoms with E-state index in [-0.39, 0.29) is 24.8 Å². The molecule has 1 aromatic heterocycles. The molecule has 0 fully saturated rings. The van der Waals surface area contributed by atoms with Gasteiger partial charge < -0.3 is 19.9 Å². The van der Waals surface area contributed by atoms with Crippen LogP contribution in [-0.4, -0.2) is 24.4 Å². The van der Waals surface area contributed by atoms with Crippen molar-refractivity contribution in [1.82, 2.24) is 4.98 Å². The first-order valence-electron chi connectivity index (χ1n) is 8.70. The van der Waals surface area contributed by atoms with Gasteiger partial charge in [0.2, 0.25) is 6.79 Å². The Hall–Kier alpha value is -3.06. The topological polar surface area (TPSA) is 83.7 Å². The Morgan fingerprint density at radius 3 is 2.57 bits per heavy atom. The number of hydrogen-bond donors (Lipinski definition) is 1. The third kappa shape index (κ3) is 3.41. The molecule has 0 bridgehead atoms. The highest BCUT2D eigenvalue weighted by Gasteiger charge is 2.23. The summed E-state index contributed by atoms with van der Waals surface area (Å²) < 4.78 is 17.0. The molecule has 0 radical (unpaired) electrons. The Kier molecular flexibility index (Phi) is 4.92. The number of halogens is 1. The SMILES string of the molecule is CCOC(=O)c1c(-c2ccc3c(c2)OCO3)cc(-c2ccc(Br)cc2)nc1N. The Morgan fingerprint density at radius 2 is 1.82 bits per heavy atom. The molecular weight excluding hydrogens is 424 g/mol. The van der Waals surface area contributed by atoms with E-state index in [1.165, 1.54) is 0 Å². The summed E-state index contributed by atoms with van der Waals surface area (Å²) in [6.07, 6.45) is 0. The summed E-state index contributed by atoms with van der Waals surface area (Å²) in [7, 11) is 0. The number of carbonyl (C=O) groups is 1. The maximum atomic E-state index is 12.6. The fraction of sp³-hybridized carbons (Fsp3) is 0.143. The van der Waals surface area contributed by atoms with Crippen molar-refractivity contribution in [1.29, 1.82) is 0 Å². The van der Waals surface area contributed by atoms with Gasteiger partial charge in [-0.05, 0) is 42.8 Å². The molecule has 0 atom stereocenters. The van der Waals surface area contributed by atoms with Crippen LogP contribution in [0.3, 0.4) is 0 Å². The van der Waals surface area contributed by atoms with Crippen molar-refractivity contribution < 1.29 is 19.0 Å². The lowest BCUT2D eigenvalue weighted by Crippen LogP contribution is -2.12. The number of carbonyl (C=O) groups excluding carboxylic acids is 1. The van der Waals surface area contributed by atoms with E-state index in [0.717, 1.165) is 15.6 Å². The first-order valence-corrected chi connectivity index (χ1v) is 9.49. The third-order valence-corrected chi connectivity index (χ3v) is 4.88. The van der Waals surface area contributed by atoms with Gasteiger partial charge in [0.25, 0.3) is 0 Å². The Balaban J connectivity index is 1.90. The molecule has 0 aliphatic carbocycles. The predicted octanol–water partition coefficient (Wildman–Crippen LogP) is 4.67. The average Bonchev–Trinajstić information content (AvgIpc) is 3.16. The molecule has 0 saturated carbocycles. The van der Waals surface area contributed by atoms with Crippen LogP contribution >= 0.6 is 15.9 Å². The summed E-state index contributed by atoms with van der Waals surface area (Å²) in [6.45, 7) is 2.16. The second kappa shape index (κ2) is 7.52. The van der Waals surface area contributed by atoms with E-state index in [2.05, 4.69) is 20.9 Å². The van der Waals surface area contributed by atoms with Crippen LogP contribution in [0.5, 0.6) is 11.5 Å². The first kappa shape index (κ1) is 18.3. The van der Waals surface area contributed by atoms with Crippen LogP contribution in [0.2, 0.25) is 0 Å². The molecule has 0 unspecified atom stereocenters. The van der Waals surface area contributed by atoms with Crippen LogP contribution < -0.4 is 15.2 Å². The number of fused-ring (bicyclic) bond motifs is 1. The number of hydrogen-bond acceptors (Lipinski definition) is 6. The maximum Gasteiger partial charge on any atom is 0.342 e. The smallest absolute Gasteiger partial charge is 0.342 e. The van der Waals surface area contributed by atoms with Crippen LogP contribution in [0.15, 0.2) is 53.0 Å². The lowest BCUT2D eigenvalue weighted by atomic mass is 9.97. The molecule has 1 aliphatic heterocycles. The van der Waals surface area contributed by atoms with E-state index in [4.69, 9.17) is 19.9 Å². The zero-order valence-electron chi connectivity index (χ0n) is 15.1. The minimum absolute atomic E-state index is 0.117. The van der Waals surface area contributed by atoms with Crippen molar-refractivity contribution in [3.05, 3.63) is 58.6 Å². The molecule has 1 aliphatic rings. The number of pyridine rings is 1. The van der Waals surface area contributed by atoms with Gasteiger partial charge in [-0.1, -0.05) is 34.1 Å².